The normalized spacial score (nSPS) is 10.8. The molecule has 2 heteroatoms. The highest BCUT2D eigenvalue weighted by atomic mass is 15.1. The van der Waals surface area contributed by atoms with E-state index in [0.29, 0.717) is 0 Å². The van der Waals surface area contributed by atoms with Crippen LogP contribution in [-0.2, 0) is 0 Å². The molecule has 0 saturated heterocycles. The smallest absolute Gasteiger partial charge is 0.0738 e. The minimum atomic E-state index is 1.03. The van der Waals surface area contributed by atoms with Crippen LogP contribution in [0.5, 0.6) is 0 Å². The second kappa shape index (κ2) is 4.97. The van der Waals surface area contributed by atoms with E-state index in [1.165, 1.54) is 16.6 Å². The molecule has 1 aromatic heterocycles. The fourth-order valence-corrected chi connectivity index (χ4v) is 2.39. The summed E-state index contributed by atoms with van der Waals surface area (Å²) >= 11 is 0. The number of nitrogens with zero attached hydrogens (tertiary/aromatic N) is 2. The highest BCUT2D eigenvalue weighted by Gasteiger charge is 2.04. The quantitative estimate of drug-likeness (QED) is 0.685. The summed E-state index contributed by atoms with van der Waals surface area (Å²) in [6.45, 7) is 2.11. The Kier molecular flexibility index (Phi) is 3.15. The lowest BCUT2D eigenvalue weighted by molar-refractivity contribution is 1.13. The van der Waals surface area contributed by atoms with Crippen LogP contribution < -0.4 is 4.90 Å². The molecule has 20 heavy (non-hydrogen) atoms. The molecule has 0 bridgehead atoms. The molecule has 100 valence electrons. The molecule has 0 radical (unpaired) electrons. The molecule has 3 rings (SSSR count). The first-order chi connectivity index (χ1) is 9.65. The number of hydrogen-bond acceptors (Lipinski definition) is 2. The van der Waals surface area contributed by atoms with Gasteiger partial charge >= 0.3 is 0 Å². The molecule has 1 heterocycles. The van der Waals surface area contributed by atoms with Gasteiger partial charge in [-0.2, -0.15) is 0 Å². The fraction of sp³-hybridized carbons (Fsp3) is 0.167. The largest absolute Gasteiger partial charge is 0.378 e. The lowest BCUT2D eigenvalue weighted by atomic mass is 10.1. The van der Waals surface area contributed by atoms with Gasteiger partial charge in [-0.05, 0) is 30.7 Å². The van der Waals surface area contributed by atoms with E-state index in [1.54, 1.807) is 0 Å². The molecule has 0 aliphatic heterocycles. The maximum atomic E-state index is 4.81. The van der Waals surface area contributed by atoms with E-state index in [-0.39, 0.29) is 0 Å². The lowest BCUT2D eigenvalue weighted by Crippen LogP contribution is -2.07. The molecule has 0 atom stereocenters. The van der Waals surface area contributed by atoms with Crippen LogP contribution in [0.2, 0.25) is 0 Å². The first-order valence-electron chi connectivity index (χ1n) is 6.79. The molecule has 2 nitrogen and oxygen atoms in total. The molecular weight excluding hydrogens is 244 g/mol. The zero-order chi connectivity index (χ0) is 14.1. The van der Waals surface area contributed by atoms with Gasteiger partial charge in [0.15, 0.2) is 0 Å². The third-order valence-electron chi connectivity index (χ3n) is 3.60. The number of aryl methyl sites for hydroxylation is 1. The Bertz CT molecular complexity index is 743. The zero-order valence-electron chi connectivity index (χ0n) is 12.1. The van der Waals surface area contributed by atoms with Crippen molar-refractivity contribution < 1.29 is 0 Å². The number of anilines is 1. The van der Waals surface area contributed by atoms with Crippen LogP contribution in [0.15, 0.2) is 54.6 Å². The monoisotopic (exact) mass is 262 g/mol. The summed E-state index contributed by atoms with van der Waals surface area (Å²) < 4.78 is 0. The molecule has 3 aromatic rings. The van der Waals surface area contributed by atoms with E-state index in [9.17, 15) is 0 Å². The fourth-order valence-electron chi connectivity index (χ4n) is 2.39. The van der Waals surface area contributed by atoms with Crippen LogP contribution >= 0.6 is 0 Å². The third-order valence-corrected chi connectivity index (χ3v) is 3.60. The van der Waals surface area contributed by atoms with Crippen molar-refractivity contribution in [3.05, 3.63) is 60.2 Å². The van der Waals surface area contributed by atoms with E-state index in [4.69, 9.17) is 4.98 Å². The highest BCUT2D eigenvalue weighted by molar-refractivity contribution is 5.84. The van der Waals surface area contributed by atoms with Gasteiger partial charge in [-0.3, -0.25) is 0 Å². The topological polar surface area (TPSA) is 16.1 Å². The molecule has 0 saturated carbocycles. The van der Waals surface area contributed by atoms with Gasteiger partial charge in [0.05, 0.1) is 11.2 Å². The van der Waals surface area contributed by atoms with Gasteiger partial charge in [-0.25, -0.2) is 4.98 Å². The number of para-hydroxylation sites is 1. The number of aromatic nitrogens is 1. The Morgan fingerprint density at radius 2 is 1.60 bits per heavy atom. The first kappa shape index (κ1) is 12.7. The van der Waals surface area contributed by atoms with Crippen molar-refractivity contribution in [2.75, 3.05) is 19.0 Å². The van der Waals surface area contributed by atoms with E-state index >= 15 is 0 Å². The standard InChI is InChI=1S/C18H18N2/c1-13-5-4-6-15-9-12-17(19-18(13)15)14-7-10-16(11-8-14)20(2)3/h4-12H,1-3H3. The Labute approximate surface area is 119 Å². The van der Waals surface area contributed by atoms with E-state index in [1.807, 2.05) is 14.1 Å². The summed E-state index contributed by atoms with van der Waals surface area (Å²) in [7, 11) is 4.10. The van der Waals surface area contributed by atoms with Crippen LogP contribution in [0.4, 0.5) is 5.69 Å². The van der Waals surface area contributed by atoms with Gasteiger partial charge in [-0.15, -0.1) is 0 Å². The predicted molar refractivity (Wildman–Crippen MR) is 86.2 cm³/mol. The molecule has 0 unspecified atom stereocenters. The average molecular weight is 262 g/mol. The average Bonchev–Trinajstić information content (AvgIpc) is 2.47. The van der Waals surface area contributed by atoms with Crippen LogP contribution in [0.1, 0.15) is 5.56 Å². The van der Waals surface area contributed by atoms with Crippen molar-refractivity contribution in [3.8, 4) is 11.3 Å². The molecule has 0 amide bonds. The molecule has 0 N–H and O–H groups in total. The number of benzene rings is 2. The minimum Gasteiger partial charge on any atom is -0.378 e. The van der Waals surface area contributed by atoms with Gasteiger partial charge in [-0.1, -0.05) is 36.4 Å². The molecule has 0 aliphatic rings. The van der Waals surface area contributed by atoms with Crippen molar-refractivity contribution in [1.82, 2.24) is 4.98 Å². The molecule has 0 fully saturated rings. The van der Waals surface area contributed by atoms with Crippen LogP contribution in [0.3, 0.4) is 0 Å². The van der Waals surface area contributed by atoms with Gasteiger partial charge in [0, 0.05) is 30.7 Å². The first-order valence-corrected chi connectivity index (χ1v) is 6.79. The van der Waals surface area contributed by atoms with Crippen molar-refractivity contribution in [3.63, 3.8) is 0 Å². The van der Waals surface area contributed by atoms with Gasteiger partial charge in [0.2, 0.25) is 0 Å². The van der Waals surface area contributed by atoms with E-state index < -0.39 is 0 Å². The molecule has 0 spiro atoms. The van der Waals surface area contributed by atoms with Crippen molar-refractivity contribution in [2.45, 2.75) is 6.92 Å². The summed E-state index contributed by atoms with van der Waals surface area (Å²) in [5, 5.41) is 1.19. The number of fused-ring (bicyclic) bond motifs is 1. The van der Waals surface area contributed by atoms with E-state index in [2.05, 4.69) is 66.4 Å². The highest BCUT2D eigenvalue weighted by Crippen LogP contribution is 2.24. The SMILES string of the molecule is Cc1cccc2ccc(-c3ccc(N(C)C)cc3)nc12. The van der Waals surface area contributed by atoms with Crippen LogP contribution in [-0.4, -0.2) is 19.1 Å². The van der Waals surface area contributed by atoms with Crippen molar-refractivity contribution >= 4 is 16.6 Å². The van der Waals surface area contributed by atoms with Crippen molar-refractivity contribution in [2.24, 2.45) is 0 Å². The molecule has 0 aliphatic carbocycles. The third kappa shape index (κ3) is 2.25. The summed E-state index contributed by atoms with van der Waals surface area (Å²) in [4.78, 5) is 6.90. The van der Waals surface area contributed by atoms with Gasteiger partial charge in [0.1, 0.15) is 0 Å². The second-order valence-corrected chi connectivity index (χ2v) is 5.28. The van der Waals surface area contributed by atoms with E-state index in [0.717, 1.165) is 16.8 Å². The number of pyridine rings is 1. The lowest BCUT2D eigenvalue weighted by Gasteiger charge is -2.12. The van der Waals surface area contributed by atoms with Crippen LogP contribution in [0, 0.1) is 6.92 Å². The van der Waals surface area contributed by atoms with Crippen LogP contribution in [0.25, 0.3) is 22.2 Å². The Hall–Kier alpha value is -2.35. The van der Waals surface area contributed by atoms with Gasteiger partial charge in [0.25, 0.3) is 0 Å². The zero-order valence-corrected chi connectivity index (χ0v) is 12.1. The Morgan fingerprint density at radius 1 is 0.850 bits per heavy atom. The summed E-state index contributed by atoms with van der Waals surface area (Å²) in [5.74, 6) is 0. The minimum absolute atomic E-state index is 1.03. The number of rotatable bonds is 2. The maximum absolute atomic E-state index is 4.81. The second-order valence-electron chi connectivity index (χ2n) is 5.28. The molecule has 2 aromatic carbocycles. The Balaban J connectivity index is 2.07. The Morgan fingerprint density at radius 3 is 2.30 bits per heavy atom. The summed E-state index contributed by atoms with van der Waals surface area (Å²) in [6, 6.07) is 19.0. The van der Waals surface area contributed by atoms with Gasteiger partial charge < -0.3 is 4.90 Å². The summed E-state index contributed by atoms with van der Waals surface area (Å²) in [6.07, 6.45) is 0. The summed E-state index contributed by atoms with van der Waals surface area (Å²) in [5.41, 5.74) is 5.68. The number of hydrogen-bond donors (Lipinski definition) is 0. The molecular formula is C18H18N2. The predicted octanol–water partition coefficient (Wildman–Crippen LogP) is 4.28. The van der Waals surface area contributed by atoms with Crippen molar-refractivity contribution in [1.29, 1.82) is 0 Å². The maximum Gasteiger partial charge on any atom is 0.0738 e.